The molecular formula is C118H80BClN12O2. The van der Waals surface area contributed by atoms with Gasteiger partial charge in [-0.2, -0.15) is 0 Å². The number of halogens is 1. The summed E-state index contributed by atoms with van der Waals surface area (Å²) in [6.45, 7) is 8.36. The number of para-hydroxylation sites is 2. The molecule has 0 atom stereocenters. The van der Waals surface area contributed by atoms with Crippen molar-refractivity contribution in [3.05, 3.63) is 418 Å². The van der Waals surface area contributed by atoms with Crippen LogP contribution in [-0.2, 0) is 9.31 Å². The minimum absolute atomic E-state index is 0.209. The predicted molar refractivity (Wildman–Crippen MR) is 548 cm³/mol. The Morgan fingerprint density at radius 3 is 0.821 bits per heavy atom. The first-order valence-electron chi connectivity index (χ1n) is 44.8. The van der Waals surface area contributed by atoms with Gasteiger partial charge in [0.1, 0.15) is 0 Å². The molecule has 0 radical (unpaired) electrons. The van der Waals surface area contributed by atoms with E-state index in [4.69, 9.17) is 70.7 Å². The molecule has 14 nitrogen and oxygen atoms in total. The summed E-state index contributed by atoms with van der Waals surface area (Å²) in [6, 6.07) is 141. The number of benzene rings is 18. The molecule has 1 saturated heterocycles. The summed E-state index contributed by atoms with van der Waals surface area (Å²) >= 11 is 6.36. The SMILES string of the molecule is CC1(C)OB(c2c3ccccc3c(-c3nc(-c4ccccc4)nc(-c4ccccc4)n3)c3ccccc23)OC1(C)C.Clc1nc(-c2ccccc2)cc(-c2nc3ccccc3c3c2ccc2ccccc23)n1.c1ccc(-c2cc(-c3nc4ccccc4c4c3ccc3ccccc34)nc(-c3c4ccccc4c(-c4nc(-c5ccccc5)nc(-c5ccccc5)n4)c4ccccc34)n2)cc1. The van der Waals surface area contributed by atoms with Gasteiger partial charge in [0.05, 0.1) is 56.4 Å². The van der Waals surface area contributed by atoms with Crippen LogP contribution in [0.1, 0.15) is 27.7 Å². The molecule has 0 amide bonds. The Morgan fingerprint density at radius 1 is 0.209 bits per heavy atom. The number of pyridine rings is 2. The maximum Gasteiger partial charge on any atom is 0.496 e. The van der Waals surface area contributed by atoms with E-state index in [0.717, 1.165) is 165 Å². The minimum atomic E-state index is -0.512. The van der Waals surface area contributed by atoms with Gasteiger partial charge in [0.2, 0.25) is 5.28 Å². The zero-order valence-electron chi connectivity index (χ0n) is 73.4. The lowest BCUT2D eigenvalue weighted by Crippen LogP contribution is -2.41. The van der Waals surface area contributed by atoms with Gasteiger partial charge in [0, 0.05) is 82.4 Å². The normalized spacial score (nSPS) is 12.9. The first kappa shape index (κ1) is 81.8. The molecule has 1 aliphatic heterocycles. The highest BCUT2D eigenvalue weighted by atomic mass is 35.5. The Bertz CT molecular complexity index is 8450. The lowest BCUT2D eigenvalue weighted by Gasteiger charge is -2.32. The van der Waals surface area contributed by atoms with E-state index in [1.807, 2.05) is 188 Å². The van der Waals surface area contributed by atoms with Gasteiger partial charge in [0.15, 0.2) is 40.8 Å². The number of nitrogens with zero attached hydrogens (tertiary/aromatic N) is 12. The Balaban J connectivity index is 0.000000121. The first-order valence-corrected chi connectivity index (χ1v) is 45.2. The van der Waals surface area contributed by atoms with Crippen LogP contribution in [-0.4, -0.2) is 78.1 Å². The van der Waals surface area contributed by atoms with Gasteiger partial charge >= 0.3 is 7.12 Å². The van der Waals surface area contributed by atoms with E-state index in [0.29, 0.717) is 46.5 Å². The number of hydrogen-bond donors (Lipinski definition) is 0. The fraction of sp³-hybridized carbons (Fsp3) is 0.0508. The molecule has 0 bridgehead atoms. The minimum Gasteiger partial charge on any atom is -0.399 e. The summed E-state index contributed by atoms with van der Waals surface area (Å²) in [5.74, 6) is 4.32. The number of aromatic nitrogens is 12. The highest BCUT2D eigenvalue weighted by molar-refractivity contribution is 6.69. The molecule has 0 spiro atoms. The van der Waals surface area contributed by atoms with E-state index in [2.05, 4.69) is 262 Å². The summed E-state index contributed by atoms with van der Waals surface area (Å²) in [5, 5.41) is 19.8. The largest absolute Gasteiger partial charge is 0.496 e. The summed E-state index contributed by atoms with van der Waals surface area (Å²) in [5.41, 5.74) is 15.1. The zero-order chi connectivity index (χ0) is 90.0. The molecule has 0 saturated carbocycles. The second-order valence-corrected chi connectivity index (χ2v) is 34.7. The van der Waals surface area contributed by atoms with Gasteiger partial charge < -0.3 is 9.31 Å². The van der Waals surface area contributed by atoms with Crippen LogP contribution in [0.3, 0.4) is 0 Å². The summed E-state index contributed by atoms with van der Waals surface area (Å²) in [6.07, 6.45) is 0. The van der Waals surface area contributed by atoms with Crippen LogP contribution < -0.4 is 5.46 Å². The molecule has 7 heterocycles. The molecule has 1 fully saturated rings. The maximum absolute atomic E-state index is 6.60. The van der Waals surface area contributed by atoms with E-state index in [-0.39, 0.29) is 5.28 Å². The molecule has 1 aliphatic rings. The smallest absolute Gasteiger partial charge is 0.399 e. The van der Waals surface area contributed by atoms with Crippen molar-refractivity contribution in [1.29, 1.82) is 0 Å². The summed E-state index contributed by atoms with van der Waals surface area (Å²) in [7, 11) is -0.512. The van der Waals surface area contributed by atoms with Crippen molar-refractivity contribution in [3.8, 4) is 125 Å². The van der Waals surface area contributed by atoms with Crippen LogP contribution in [0.15, 0.2) is 413 Å². The maximum atomic E-state index is 6.60. The summed E-state index contributed by atoms with van der Waals surface area (Å²) < 4.78 is 13.2. The van der Waals surface area contributed by atoms with E-state index in [9.17, 15) is 0 Å². The van der Waals surface area contributed by atoms with E-state index in [1.165, 1.54) is 26.9 Å². The second kappa shape index (κ2) is 34.3. The van der Waals surface area contributed by atoms with Crippen LogP contribution >= 0.6 is 11.6 Å². The Morgan fingerprint density at radius 2 is 0.463 bits per heavy atom. The average molecular weight is 1740 g/mol. The molecular weight excluding hydrogens is 1660 g/mol. The third-order valence-corrected chi connectivity index (χ3v) is 25.9. The van der Waals surface area contributed by atoms with Crippen molar-refractivity contribution in [2.75, 3.05) is 0 Å². The lowest BCUT2D eigenvalue weighted by molar-refractivity contribution is 0.00578. The van der Waals surface area contributed by atoms with Gasteiger partial charge in [0.25, 0.3) is 0 Å². The van der Waals surface area contributed by atoms with Crippen LogP contribution in [0.25, 0.3) is 233 Å². The molecule has 634 valence electrons. The van der Waals surface area contributed by atoms with Crippen molar-refractivity contribution in [1.82, 2.24) is 59.8 Å². The number of hydrogen-bond acceptors (Lipinski definition) is 14. The average Bonchev–Trinajstić information content (AvgIpc) is 1.31. The molecule has 6 aromatic heterocycles. The van der Waals surface area contributed by atoms with Gasteiger partial charge in [-0.25, -0.2) is 59.8 Å². The quantitative estimate of drug-likeness (QED) is 0.0489. The molecule has 0 aliphatic carbocycles. The van der Waals surface area contributed by atoms with Crippen molar-refractivity contribution < 1.29 is 9.31 Å². The first-order chi connectivity index (χ1) is 65.8. The Hall–Kier alpha value is -16.7. The second-order valence-electron chi connectivity index (χ2n) is 34.4. The van der Waals surface area contributed by atoms with Gasteiger partial charge in [-0.1, -0.05) is 388 Å². The number of fused-ring (bicyclic) bond motifs is 14. The van der Waals surface area contributed by atoms with Crippen molar-refractivity contribution >= 4 is 132 Å². The van der Waals surface area contributed by atoms with Crippen LogP contribution in [0.2, 0.25) is 5.28 Å². The van der Waals surface area contributed by atoms with E-state index in [1.54, 1.807) is 0 Å². The van der Waals surface area contributed by atoms with Crippen LogP contribution in [0.4, 0.5) is 0 Å². The number of rotatable bonds is 12. The molecule has 134 heavy (non-hydrogen) atoms. The topological polar surface area (TPSA) is 173 Å². The van der Waals surface area contributed by atoms with Crippen molar-refractivity contribution in [2.24, 2.45) is 0 Å². The monoisotopic (exact) mass is 1740 g/mol. The van der Waals surface area contributed by atoms with Gasteiger partial charge in [-0.15, -0.1) is 0 Å². The molecule has 0 N–H and O–H groups in total. The Labute approximate surface area is 777 Å². The third-order valence-electron chi connectivity index (χ3n) is 25.7. The Kier molecular flexibility index (Phi) is 20.9. The zero-order valence-corrected chi connectivity index (χ0v) is 74.2. The fourth-order valence-electron chi connectivity index (χ4n) is 18.6. The predicted octanol–water partition coefficient (Wildman–Crippen LogP) is 28.6. The van der Waals surface area contributed by atoms with E-state index >= 15 is 0 Å². The van der Waals surface area contributed by atoms with Crippen LogP contribution in [0.5, 0.6) is 0 Å². The standard InChI is InChI=1S/C56H34N6.C35H30BN3O2.C27H16ClN3/c1-4-19-36(20-5-1)47-34-48(52-45-33-32-35-18-10-11-25-39(35)49(45)44-30-16-17-31-46(44)57-52)59-55(58-47)50-40-26-12-14-28-42(40)51(43-29-15-13-27-41(43)50)56-61-53(37-21-6-2-7-22-37)60-54(62-56)38-23-8-3-9-24-38;1-34(2)35(3,4)41-36(40-34)30-27-21-13-11-19-25(27)29(26-20-12-14-22-28(26)30)33-38-31(23-15-7-5-8-16-23)37-32(39-33)24-17-9-6-10-18-24;28-27-30-23(18-9-2-1-3-10-18)16-24(31-27)26-21-15-14-17-8-4-5-11-19(17)25(21)20-12-6-7-13-22(20)29-26/h1-34H;5-22H,1-4H3;1-16H. The highest BCUT2D eigenvalue weighted by Gasteiger charge is 2.53. The molecule has 0 unspecified atom stereocenters. The molecule has 24 aromatic rings. The van der Waals surface area contributed by atoms with Gasteiger partial charge in [-0.3, -0.25) is 0 Å². The van der Waals surface area contributed by atoms with Gasteiger partial charge in [-0.05, 0) is 134 Å². The van der Waals surface area contributed by atoms with E-state index < -0.39 is 18.3 Å². The molecule has 16 heteroatoms. The third kappa shape index (κ3) is 15.1. The van der Waals surface area contributed by atoms with Crippen molar-refractivity contribution in [3.63, 3.8) is 0 Å². The summed E-state index contributed by atoms with van der Waals surface area (Å²) in [4.78, 5) is 60.9. The molecule has 25 rings (SSSR count). The highest BCUT2D eigenvalue weighted by Crippen LogP contribution is 2.48. The van der Waals surface area contributed by atoms with Crippen LogP contribution in [0, 0.1) is 0 Å². The fourth-order valence-corrected chi connectivity index (χ4v) is 18.8. The van der Waals surface area contributed by atoms with Crippen molar-refractivity contribution in [2.45, 2.75) is 38.9 Å². The lowest BCUT2D eigenvalue weighted by atomic mass is 9.72. The molecule has 18 aromatic carbocycles.